The largest absolute Gasteiger partial charge is 0.489 e. The average Bonchev–Trinajstić information content (AvgIpc) is 2.92. The van der Waals surface area contributed by atoms with Crippen LogP contribution in [0.1, 0.15) is 38.5 Å². The Morgan fingerprint density at radius 3 is 2.80 bits per heavy atom. The zero-order valence-electron chi connectivity index (χ0n) is 11.5. The minimum atomic E-state index is -0.0454. The number of carbonyl (C=O) groups excluding carboxylic acids is 1. The molecule has 2 rings (SSSR count). The average molecular weight is 297 g/mol. The minimum Gasteiger partial charge on any atom is -0.489 e. The first kappa shape index (κ1) is 15.1. The third-order valence-corrected chi connectivity index (χ3v) is 3.71. The Kier molecular flexibility index (Phi) is 5.68. The highest BCUT2D eigenvalue weighted by Crippen LogP contribution is 2.31. The van der Waals surface area contributed by atoms with E-state index in [1.54, 1.807) is 6.07 Å². The summed E-state index contributed by atoms with van der Waals surface area (Å²) in [5, 5.41) is 3.34. The predicted octanol–water partition coefficient (Wildman–Crippen LogP) is 3.34. The molecular weight excluding hydrogens is 276 g/mol. The normalized spacial score (nSPS) is 15.3. The number of halogens is 1. The molecule has 4 nitrogen and oxygen atoms in total. The van der Waals surface area contributed by atoms with Gasteiger partial charge in [-0.1, -0.05) is 11.6 Å². The van der Waals surface area contributed by atoms with Gasteiger partial charge in [0.25, 0.3) is 0 Å². The highest BCUT2D eigenvalue weighted by molar-refractivity contribution is 6.32. The van der Waals surface area contributed by atoms with Crippen molar-refractivity contribution in [2.45, 2.75) is 44.6 Å². The molecule has 20 heavy (non-hydrogen) atoms. The number of ether oxygens (including phenoxy) is 1. The van der Waals surface area contributed by atoms with Gasteiger partial charge in [0.05, 0.1) is 11.1 Å². The van der Waals surface area contributed by atoms with Crippen LogP contribution >= 0.6 is 11.6 Å². The van der Waals surface area contributed by atoms with E-state index in [4.69, 9.17) is 22.1 Å². The van der Waals surface area contributed by atoms with Gasteiger partial charge >= 0.3 is 0 Å². The van der Waals surface area contributed by atoms with E-state index in [2.05, 4.69) is 5.32 Å². The van der Waals surface area contributed by atoms with Crippen molar-refractivity contribution in [3.8, 4) is 5.75 Å². The molecule has 3 N–H and O–H groups in total. The number of hydrogen-bond donors (Lipinski definition) is 2. The number of carbonyl (C=O) groups is 1. The predicted molar refractivity (Wildman–Crippen MR) is 81.3 cm³/mol. The quantitative estimate of drug-likeness (QED) is 0.846. The molecule has 0 saturated heterocycles. The second kappa shape index (κ2) is 7.50. The molecule has 1 aromatic carbocycles. The lowest BCUT2D eigenvalue weighted by molar-refractivity contribution is -0.116. The summed E-state index contributed by atoms with van der Waals surface area (Å²) >= 11 is 6.20. The van der Waals surface area contributed by atoms with Crippen LogP contribution in [0, 0.1) is 0 Å². The Labute approximate surface area is 124 Å². The van der Waals surface area contributed by atoms with Crippen LogP contribution in [0.15, 0.2) is 18.2 Å². The van der Waals surface area contributed by atoms with Crippen molar-refractivity contribution in [1.82, 2.24) is 0 Å². The fraction of sp³-hybridized carbons (Fsp3) is 0.533. The third kappa shape index (κ3) is 4.39. The van der Waals surface area contributed by atoms with E-state index in [9.17, 15) is 4.79 Å². The van der Waals surface area contributed by atoms with Gasteiger partial charge in [0.1, 0.15) is 5.75 Å². The van der Waals surface area contributed by atoms with E-state index in [1.807, 2.05) is 12.1 Å². The molecule has 1 aliphatic carbocycles. The van der Waals surface area contributed by atoms with E-state index in [0.717, 1.165) is 12.8 Å². The van der Waals surface area contributed by atoms with Crippen LogP contribution in [0.4, 0.5) is 5.69 Å². The van der Waals surface area contributed by atoms with Crippen LogP contribution in [0.25, 0.3) is 0 Å². The maximum absolute atomic E-state index is 11.6. The van der Waals surface area contributed by atoms with Gasteiger partial charge in [-0.05, 0) is 56.8 Å². The molecule has 1 fully saturated rings. The van der Waals surface area contributed by atoms with Crippen LogP contribution in [0.3, 0.4) is 0 Å². The van der Waals surface area contributed by atoms with Crippen molar-refractivity contribution < 1.29 is 9.53 Å². The van der Waals surface area contributed by atoms with Crippen LogP contribution < -0.4 is 15.8 Å². The summed E-state index contributed by atoms with van der Waals surface area (Å²) in [7, 11) is 0. The highest BCUT2D eigenvalue weighted by atomic mass is 35.5. The zero-order chi connectivity index (χ0) is 14.4. The van der Waals surface area contributed by atoms with E-state index in [0.29, 0.717) is 35.8 Å². The Hall–Kier alpha value is -1.26. The van der Waals surface area contributed by atoms with Crippen molar-refractivity contribution in [2.24, 2.45) is 5.73 Å². The van der Waals surface area contributed by atoms with Crippen molar-refractivity contribution >= 4 is 23.2 Å². The molecule has 0 spiro atoms. The zero-order valence-corrected chi connectivity index (χ0v) is 12.3. The monoisotopic (exact) mass is 296 g/mol. The number of anilines is 1. The van der Waals surface area contributed by atoms with Gasteiger partial charge in [0.2, 0.25) is 5.91 Å². The van der Waals surface area contributed by atoms with Gasteiger partial charge in [-0.25, -0.2) is 0 Å². The standard InChI is InChI=1S/C15H21ClN2O2/c16-13-10-11(18-15(19)6-3-9-17)7-8-14(13)20-12-4-1-2-5-12/h7-8,10,12H,1-6,9,17H2,(H,18,19). The minimum absolute atomic E-state index is 0.0454. The Morgan fingerprint density at radius 1 is 1.40 bits per heavy atom. The second-order valence-corrected chi connectivity index (χ2v) is 5.52. The number of rotatable bonds is 6. The van der Waals surface area contributed by atoms with Crippen molar-refractivity contribution in [1.29, 1.82) is 0 Å². The lowest BCUT2D eigenvalue weighted by Crippen LogP contribution is -2.14. The Bertz CT molecular complexity index is 459. The molecule has 5 heteroatoms. The summed E-state index contributed by atoms with van der Waals surface area (Å²) in [6.07, 6.45) is 6.01. The van der Waals surface area contributed by atoms with Crippen molar-refractivity contribution in [2.75, 3.05) is 11.9 Å². The Balaban J connectivity index is 1.92. The van der Waals surface area contributed by atoms with Gasteiger partial charge < -0.3 is 15.8 Å². The van der Waals surface area contributed by atoms with Crippen LogP contribution in [0.2, 0.25) is 5.02 Å². The SMILES string of the molecule is NCCCC(=O)Nc1ccc(OC2CCCC2)c(Cl)c1. The molecule has 1 amide bonds. The summed E-state index contributed by atoms with van der Waals surface area (Å²) in [5.74, 6) is 0.648. The molecule has 110 valence electrons. The lowest BCUT2D eigenvalue weighted by atomic mass is 10.2. The summed E-state index contributed by atoms with van der Waals surface area (Å²) in [5.41, 5.74) is 6.06. The van der Waals surface area contributed by atoms with Gasteiger partial charge in [0, 0.05) is 12.1 Å². The maximum atomic E-state index is 11.6. The van der Waals surface area contributed by atoms with Crippen LogP contribution in [-0.2, 0) is 4.79 Å². The molecule has 1 aliphatic rings. The molecule has 0 aromatic heterocycles. The van der Waals surface area contributed by atoms with Gasteiger partial charge in [-0.2, -0.15) is 0 Å². The molecular formula is C15H21ClN2O2. The van der Waals surface area contributed by atoms with Gasteiger partial charge in [-0.3, -0.25) is 4.79 Å². The second-order valence-electron chi connectivity index (χ2n) is 5.11. The van der Waals surface area contributed by atoms with Gasteiger partial charge in [0.15, 0.2) is 0 Å². The van der Waals surface area contributed by atoms with Crippen LogP contribution in [0.5, 0.6) is 5.75 Å². The first-order valence-electron chi connectivity index (χ1n) is 7.15. The van der Waals surface area contributed by atoms with Crippen molar-refractivity contribution in [3.05, 3.63) is 23.2 Å². The summed E-state index contributed by atoms with van der Waals surface area (Å²) in [4.78, 5) is 11.6. The van der Waals surface area contributed by atoms with Crippen LogP contribution in [-0.4, -0.2) is 18.6 Å². The number of benzene rings is 1. The molecule has 1 aromatic rings. The fourth-order valence-electron chi connectivity index (χ4n) is 2.35. The fourth-order valence-corrected chi connectivity index (χ4v) is 2.57. The van der Waals surface area contributed by atoms with E-state index in [1.165, 1.54) is 12.8 Å². The van der Waals surface area contributed by atoms with E-state index in [-0.39, 0.29) is 12.0 Å². The molecule has 0 atom stereocenters. The van der Waals surface area contributed by atoms with E-state index >= 15 is 0 Å². The maximum Gasteiger partial charge on any atom is 0.224 e. The first-order chi connectivity index (χ1) is 9.69. The third-order valence-electron chi connectivity index (χ3n) is 3.42. The number of amides is 1. The number of hydrogen-bond acceptors (Lipinski definition) is 3. The van der Waals surface area contributed by atoms with E-state index < -0.39 is 0 Å². The molecule has 0 aliphatic heterocycles. The molecule has 0 unspecified atom stereocenters. The van der Waals surface area contributed by atoms with Crippen molar-refractivity contribution in [3.63, 3.8) is 0 Å². The van der Waals surface area contributed by atoms with Gasteiger partial charge in [-0.15, -0.1) is 0 Å². The smallest absolute Gasteiger partial charge is 0.224 e. The summed E-state index contributed by atoms with van der Waals surface area (Å²) in [6.45, 7) is 0.516. The molecule has 0 heterocycles. The summed E-state index contributed by atoms with van der Waals surface area (Å²) < 4.78 is 5.87. The Morgan fingerprint density at radius 2 is 2.15 bits per heavy atom. The number of nitrogens with one attached hydrogen (secondary N) is 1. The molecule has 0 bridgehead atoms. The topological polar surface area (TPSA) is 64.4 Å². The number of nitrogens with two attached hydrogens (primary N) is 1. The highest BCUT2D eigenvalue weighted by Gasteiger charge is 2.17. The first-order valence-corrected chi connectivity index (χ1v) is 7.53. The molecule has 1 saturated carbocycles. The summed E-state index contributed by atoms with van der Waals surface area (Å²) in [6, 6.07) is 5.36. The lowest BCUT2D eigenvalue weighted by Gasteiger charge is -2.15. The molecule has 0 radical (unpaired) electrons.